The molecular weight excluding hydrogens is 191 g/mol. The second-order valence-electron chi connectivity index (χ2n) is 1.52. The molecule has 0 aromatic carbocycles. The monoisotopic (exact) mass is 197 g/mol. The fourth-order valence-electron chi connectivity index (χ4n) is 0.271. The summed E-state index contributed by atoms with van der Waals surface area (Å²) < 4.78 is 0. The summed E-state index contributed by atoms with van der Waals surface area (Å²) in [6.45, 7) is 0. The zero-order chi connectivity index (χ0) is 7.44. The van der Waals surface area contributed by atoms with Crippen LogP contribution in [0.15, 0.2) is 0 Å². The number of carbonyl (C=O) groups is 2. The van der Waals surface area contributed by atoms with E-state index in [1.54, 1.807) is 0 Å². The van der Waals surface area contributed by atoms with Gasteiger partial charge in [-0.05, 0) is 0 Å². The Labute approximate surface area is 71.5 Å². The van der Waals surface area contributed by atoms with E-state index in [1.165, 1.54) is 0 Å². The predicted octanol–water partition coefficient (Wildman–Crippen LogP) is -2.35. The van der Waals surface area contributed by atoms with Crippen molar-refractivity contribution in [1.29, 1.82) is 0 Å². The first kappa shape index (κ1) is 12.2. The van der Waals surface area contributed by atoms with E-state index >= 15 is 0 Å². The average Bonchev–Trinajstić information content (AvgIpc) is 1.63. The third-order valence-corrected chi connectivity index (χ3v) is 0.697. The summed E-state index contributed by atoms with van der Waals surface area (Å²) in [5.74, 6) is -2.79. The van der Waals surface area contributed by atoms with Gasteiger partial charge in [-0.2, -0.15) is 0 Å². The van der Waals surface area contributed by atoms with Crippen LogP contribution in [0.1, 0.15) is 7.85 Å². The molecule has 3 N–H and O–H groups in total. The zero-order valence-corrected chi connectivity index (χ0v) is 8.21. The van der Waals surface area contributed by atoms with Gasteiger partial charge < -0.3 is 20.7 Å². The van der Waals surface area contributed by atoms with E-state index in [4.69, 9.17) is 10.8 Å². The molecule has 0 radical (unpaired) electrons. The molecule has 0 heterocycles. The van der Waals surface area contributed by atoms with Crippen molar-refractivity contribution in [3.8, 4) is 0 Å². The van der Waals surface area contributed by atoms with E-state index in [1.807, 2.05) is 0 Å². The van der Waals surface area contributed by atoms with Crippen LogP contribution >= 0.6 is 0 Å². The van der Waals surface area contributed by atoms with Gasteiger partial charge in [0.25, 0.3) is 0 Å². The standard InChI is InChI=1S/C4H7NO4.Zn/c5-2(4(8)9)1-3(6)7;/h2H,1,5H2,(H,6,7)(H,8,9);. The normalized spacial score (nSPS) is 11.3. The van der Waals surface area contributed by atoms with Crippen LogP contribution in [0, 0.1) is 0 Å². The number of carbonyl (C=O) groups excluding carboxylic acids is 1. The van der Waals surface area contributed by atoms with Crippen LogP contribution in [-0.4, -0.2) is 23.1 Å². The molecule has 1 unspecified atom stereocenters. The number of nitrogens with two attached hydrogens (primary N) is 1. The molecule has 0 fully saturated rings. The van der Waals surface area contributed by atoms with E-state index in [-0.39, 0.29) is 20.9 Å². The molecule has 0 saturated carbocycles. The Hall–Kier alpha value is -0.477. The van der Waals surface area contributed by atoms with Crippen molar-refractivity contribution in [2.45, 2.75) is 12.5 Å². The summed E-state index contributed by atoms with van der Waals surface area (Å²) in [6.07, 6.45) is -0.595. The molecule has 0 saturated heterocycles. The van der Waals surface area contributed by atoms with Crippen LogP contribution in [0.3, 0.4) is 0 Å². The van der Waals surface area contributed by atoms with Crippen LogP contribution in [0.2, 0.25) is 0 Å². The fourth-order valence-corrected chi connectivity index (χ4v) is 0.271. The van der Waals surface area contributed by atoms with Crippen molar-refractivity contribution in [2.24, 2.45) is 5.73 Å². The molecule has 0 aliphatic heterocycles. The largest absolute Gasteiger partial charge is 1.00 e. The molecule has 0 spiro atoms. The van der Waals surface area contributed by atoms with Gasteiger partial charge in [-0.15, -0.1) is 0 Å². The Morgan fingerprint density at radius 1 is 1.70 bits per heavy atom. The molecule has 54 valence electrons. The van der Waals surface area contributed by atoms with Crippen molar-refractivity contribution in [3.05, 3.63) is 0 Å². The van der Waals surface area contributed by atoms with Gasteiger partial charge in [0.1, 0.15) is 0 Å². The van der Waals surface area contributed by atoms with Crippen LogP contribution < -0.4 is 10.8 Å². The van der Waals surface area contributed by atoms with Gasteiger partial charge in [-0.1, -0.05) is 0 Å². The van der Waals surface area contributed by atoms with E-state index < -0.39 is 24.4 Å². The van der Waals surface area contributed by atoms with Gasteiger partial charge >= 0.3 is 7.40 Å². The Balaban J connectivity index is -0.000000320. The maximum atomic E-state index is 9.74. The summed E-state index contributed by atoms with van der Waals surface area (Å²) in [5, 5.41) is 17.7. The summed E-state index contributed by atoms with van der Waals surface area (Å²) in [5.41, 5.74) is 4.77. The maximum Gasteiger partial charge on any atom is 1.00 e. The smallest absolute Gasteiger partial charge is 0.548 e. The van der Waals surface area contributed by atoms with Gasteiger partial charge in [0.05, 0.1) is 18.4 Å². The third kappa shape index (κ3) is 5.66. The average molecular weight is 198 g/mol. The van der Waals surface area contributed by atoms with Crippen molar-refractivity contribution < 1.29 is 40.7 Å². The Kier molecular flexibility index (Phi) is 6.50. The molecule has 0 aromatic rings. The van der Waals surface area contributed by atoms with Gasteiger partial charge in [0.2, 0.25) is 0 Å². The first-order valence-electron chi connectivity index (χ1n) is 2.22. The quantitative estimate of drug-likeness (QED) is 0.494. The molecule has 0 bridgehead atoms. The molecular formula is C4H7NO4Zn. The second-order valence-corrected chi connectivity index (χ2v) is 1.52. The van der Waals surface area contributed by atoms with Crippen LogP contribution in [0.4, 0.5) is 0 Å². The van der Waals surface area contributed by atoms with Gasteiger partial charge in [-0.25, -0.2) is 0 Å². The number of carboxylic acids is 2. The number of hydrogen-bond acceptors (Lipinski definition) is 4. The molecule has 0 amide bonds. The minimum absolute atomic E-state index is 0. The molecule has 0 rings (SSSR count). The Morgan fingerprint density at radius 3 is 2.20 bits per heavy atom. The van der Waals surface area contributed by atoms with Crippen LogP contribution in [-0.2, 0) is 29.1 Å². The van der Waals surface area contributed by atoms with Gasteiger partial charge in [-0.3, -0.25) is 4.79 Å². The molecule has 0 aliphatic rings. The van der Waals surface area contributed by atoms with Crippen molar-refractivity contribution in [1.82, 2.24) is 0 Å². The number of carboxylic acid groups (broad SMARTS) is 2. The topological polar surface area (TPSA) is 103 Å². The Morgan fingerprint density at radius 2 is 2.10 bits per heavy atom. The molecule has 6 heteroatoms. The molecule has 1 atom stereocenters. The van der Waals surface area contributed by atoms with E-state index in [0.717, 1.165) is 0 Å². The maximum absolute atomic E-state index is 9.74. The Bertz CT molecular complexity index is 142. The SMILES string of the molecule is NC(CC(=O)O)C(=O)[O-].[H+].[Zn]. The molecule has 0 aliphatic carbocycles. The minimum Gasteiger partial charge on any atom is -0.548 e. The van der Waals surface area contributed by atoms with Crippen LogP contribution in [0.25, 0.3) is 0 Å². The number of aliphatic carboxylic acids is 2. The first-order valence-corrected chi connectivity index (χ1v) is 2.22. The van der Waals surface area contributed by atoms with Crippen molar-refractivity contribution in [2.75, 3.05) is 0 Å². The van der Waals surface area contributed by atoms with E-state index in [9.17, 15) is 14.7 Å². The fraction of sp³-hybridized carbons (Fsp3) is 0.500. The van der Waals surface area contributed by atoms with E-state index in [0.29, 0.717) is 0 Å². The molecule has 0 aromatic heterocycles. The van der Waals surface area contributed by atoms with Crippen LogP contribution in [0.5, 0.6) is 0 Å². The number of hydrogen-bond donors (Lipinski definition) is 2. The molecule has 5 nitrogen and oxygen atoms in total. The van der Waals surface area contributed by atoms with Gasteiger partial charge in [0, 0.05) is 19.5 Å². The third-order valence-electron chi connectivity index (χ3n) is 0.697. The van der Waals surface area contributed by atoms with E-state index in [2.05, 4.69) is 0 Å². The predicted molar refractivity (Wildman–Crippen MR) is 26.3 cm³/mol. The van der Waals surface area contributed by atoms with Crippen molar-refractivity contribution >= 4 is 11.9 Å². The summed E-state index contributed by atoms with van der Waals surface area (Å²) in [7, 11) is 0. The summed E-state index contributed by atoms with van der Waals surface area (Å²) in [6, 6.07) is -1.40. The summed E-state index contributed by atoms with van der Waals surface area (Å²) >= 11 is 0. The first-order chi connectivity index (χ1) is 4.04. The number of rotatable bonds is 3. The summed E-state index contributed by atoms with van der Waals surface area (Å²) in [4.78, 5) is 19.5. The van der Waals surface area contributed by atoms with Gasteiger partial charge in [0.15, 0.2) is 0 Å². The molecule has 10 heavy (non-hydrogen) atoms. The second kappa shape index (κ2) is 5.32. The zero-order valence-electron chi connectivity index (χ0n) is 6.24. The minimum atomic E-state index is -1.54. The van der Waals surface area contributed by atoms with Crippen molar-refractivity contribution in [3.63, 3.8) is 0 Å².